The molecule has 2 aromatic rings. The van der Waals surface area contributed by atoms with Gasteiger partial charge in [-0.15, -0.1) is 10.2 Å². The van der Waals surface area contributed by atoms with E-state index in [1.165, 1.54) is 19.3 Å². The number of anilines is 1. The fourth-order valence-electron chi connectivity index (χ4n) is 2.52. The van der Waals surface area contributed by atoms with Crippen molar-refractivity contribution in [2.45, 2.75) is 38.6 Å². The molecule has 0 aliphatic heterocycles. The summed E-state index contributed by atoms with van der Waals surface area (Å²) < 4.78 is 2.02. The molecule has 19 heavy (non-hydrogen) atoms. The first-order valence-corrected chi connectivity index (χ1v) is 7.92. The van der Waals surface area contributed by atoms with Gasteiger partial charge in [-0.05, 0) is 32.6 Å². The molecule has 0 radical (unpaired) electrons. The minimum atomic E-state index is 0.620. The molecule has 0 saturated heterocycles. The Balaban J connectivity index is 1.98. The Bertz CT molecular complexity index is 563. The van der Waals surface area contributed by atoms with Crippen molar-refractivity contribution in [3.8, 4) is 0 Å². The number of fused-ring (bicyclic) bond motifs is 1. The van der Waals surface area contributed by atoms with Crippen molar-refractivity contribution in [3.63, 3.8) is 0 Å². The normalized spacial score (nSPS) is 15.7. The summed E-state index contributed by atoms with van der Waals surface area (Å²) in [6.07, 6.45) is 8.74. The van der Waals surface area contributed by atoms with E-state index in [0.29, 0.717) is 6.04 Å². The molecule has 6 heteroatoms. The zero-order valence-corrected chi connectivity index (χ0v) is 12.7. The molecule has 3 rings (SSSR count). The molecule has 5 nitrogen and oxygen atoms in total. The largest absolute Gasteiger partial charge is 0.350 e. The Kier molecular flexibility index (Phi) is 3.68. The highest BCUT2D eigenvalue weighted by Crippen LogP contribution is 2.30. The van der Waals surface area contributed by atoms with E-state index in [1.807, 2.05) is 23.7 Å². The van der Waals surface area contributed by atoms with Crippen molar-refractivity contribution in [3.05, 3.63) is 18.2 Å². The first-order valence-electron chi connectivity index (χ1n) is 6.80. The fourth-order valence-corrected chi connectivity index (χ4v) is 2.77. The number of hydrogen-bond donors (Lipinski definition) is 0. The lowest BCUT2D eigenvalue weighted by Crippen LogP contribution is -2.41. The minimum absolute atomic E-state index is 0.620. The Morgan fingerprint density at radius 3 is 2.95 bits per heavy atom. The lowest BCUT2D eigenvalue weighted by atomic mass is 9.91. The molecular weight excluding hydrogens is 306 g/mol. The maximum absolute atomic E-state index is 4.56. The highest BCUT2D eigenvalue weighted by atomic mass is 79.9. The zero-order chi connectivity index (χ0) is 13.2. The molecule has 2 aromatic heterocycles. The van der Waals surface area contributed by atoms with Gasteiger partial charge in [0.25, 0.3) is 0 Å². The van der Waals surface area contributed by atoms with Gasteiger partial charge >= 0.3 is 0 Å². The molecule has 0 unspecified atom stereocenters. The van der Waals surface area contributed by atoms with E-state index < -0.39 is 0 Å². The second-order valence-electron chi connectivity index (χ2n) is 5.01. The zero-order valence-electron chi connectivity index (χ0n) is 11.1. The molecule has 0 atom stereocenters. The number of aryl methyl sites for hydroxylation is 1. The molecule has 1 saturated carbocycles. The summed E-state index contributed by atoms with van der Waals surface area (Å²) in [6, 6.07) is 0.620. The van der Waals surface area contributed by atoms with Gasteiger partial charge in [-0.3, -0.25) is 4.40 Å². The summed E-state index contributed by atoms with van der Waals surface area (Å²) in [7, 11) is 0. The van der Waals surface area contributed by atoms with Crippen molar-refractivity contribution in [1.82, 2.24) is 19.6 Å². The van der Waals surface area contributed by atoms with Crippen LogP contribution in [0.5, 0.6) is 0 Å². The van der Waals surface area contributed by atoms with Gasteiger partial charge in [0.15, 0.2) is 5.82 Å². The van der Waals surface area contributed by atoms with E-state index in [0.717, 1.165) is 35.6 Å². The van der Waals surface area contributed by atoms with Gasteiger partial charge in [0.05, 0.1) is 0 Å². The van der Waals surface area contributed by atoms with E-state index in [2.05, 4.69) is 36.0 Å². The second-order valence-corrected chi connectivity index (χ2v) is 5.81. The number of aromatic nitrogens is 4. The Labute approximate surface area is 121 Å². The van der Waals surface area contributed by atoms with Gasteiger partial charge < -0.3 is 4.90 Å². The number of nitrogens with zero attached hydrogens (tertiary/aromatic N) is 5. The van der Waals surface area contributed by atoms with Gasteiger partial charge in [0, 0.05) is 30.3 Å². The predicted octanol–water partition coefficient (Wildman–Crippen LogP) is 2.58. The SMILES string of the molecule is Cc1nnc2c(N(CCCBr)C3CCC3)nccn12. The van der Waals surface area contributed by atoms with E-state index in [4.69, 9.17) is 0 Å². The lowest BCUT2D eigenvalue weighted by Gasteiger charge is -2.38. The van der Waals surface area contributed by atoms with E-state index in [1.54, 1.807) is 0 Å². The van der Waals surface area contributed by atoms with E-state index in [-0.39, 0.29) is 0 Å². The molecule has 1 fully saturated rings. The number of alkyl halides is 1. The van der Waals surface area contributed by atoms with Crippen molar-refractivity contribution >= 4 is 27.4 Å². The van der Waals surface area contributed by atoms with Crippen LogP contribution in [0.25, 0.3) is 5.65 Å². The van der Waals surface area contributed by atoms with Crippen LogP contribution in [0.15, 0.2) is 12.4 Å². The molecule has 0 amide bonds. The van der Waals surface area contributed by atoms with Crippen LogP contribution in [0, 0.1) is 6.92 Å². The quantitative estimate of drug-likeness (QED) is 0.793. The summed E-state index contributed by atoms with van der Waals surface area (Å²) in [4.78, 5) is 6.97. The monoisotopic (exact) mass is 323 g/mol. The average molecular weight is 324 g/mol. The Morgan fingerprint density at radius 2 is 2.26 bits per heavy atom. The van der Waals surface area contributed by atoms with Gasteiger partial charge in [0.2, 0.25) is 5.65 Å². The van der Waals surface area contributed by atoms with Crippen LogP contribution in [0.3, 0.4) is 0 Å². The number of rotatable bonds is 5. The molecular formula is C13H18BrN5. The van der Waals surface area contributed by atoms with E-state index >= 15 is 0 Å². The van der Waals surface area contributed by atoms with Crippen LogP contribution < -0.4 is 4.90 Å². The van der Waals surface area contributed by atoms with Crippen LogP contribution in [0.2, 0.25) is 0 Å². The molecule has 0 N–H and O–H groups in total. The van der Waals surface area contributed by atoms with Gasteiger partial charge in [-0.25, -0.2) is 4.98 Å². The summed E-state index contributed by atoms with van der Waals surface area (Å²) in [6.45, 7) is 2.99. The van der Waals surface area contributed by atoms with Crippen LogP contribution in [0.1, 0.15) is 31.5 Å². The first kappa shape index (κ1) is 12.8. The summed E-state index contributed by atoms with van der Waals surface area (Å²) >= 11 is 3.51. The smallest absolute Gasteiger partial charge is 0.203 e. The van der Waals surface area contributed by atoms with Crippen LogP contribution in [0.4, 0.5) is 5.82 Å². The third-order valence-corrected chi connectivity index (χ3v) is 4.36. The molecule has 0 bridgehead atoms. The molecule has 1 aliphatic rings. The van der Waals surface area contributed by atoms with Crippen LogP contribution >= 0.6 is 15.9 Å². The Morgan fingerprint density at radius 1 is 1.42 bits per heavy atom. The summed E-state index contributed by atoms with van der Waals surface area (Å²) in [5.74, 6) is 1.89. The summed E-state index contributed by atoms with van der Waals surface area (Å²) in [5, 5.41) is 9.46. The highest BCUT2D eigenvalue weighted by Gasteiger charge is 2.27. The van der Waals surface area contributed by atoms with Crippen LogP contribution in [-0.4, -0.2) is 37.5 Å². The average Bonchev–Trinajstić information content (AvgIpc) is 2.74. The third-order valence-electron chi connectivity index (χ3n) is 3.80. The maximum Gasteiger partial charge on any atom is 0.203 e. The standard InChI is InChI=1S/C13H18BrN5/c1-10-16-17-13-12(15-7-9-18(10)13)19(8-3-6-14)11-4-2-5-11/h7,9,11H,2-6,8H2,1H3. The fraction of sp³-hybridized carbons (Fsp3) is 0.615. The van der Waals surface area contributed by atoms with Gasteiger partial charge in [0.1, 0.15) is 5.82 Å². The van der Waals surface area contributed by atoms with Crippen LogP contribution in [-0.2, 0) is 0 Å². The molecule has 102 valence electrons. The molecule has 1 aliphatic carbocycles. The molecule has 0 spiro atoms. The Hall–Kier alpha value is -1.17. The lowest BCUT2D eigenvalue weighted by molar-refractivity contribution is 0.384. The molecule has 0 aromatic carbocycles. The highest BCUT2D eigenvalue weighted by molar-refractivity contribution is 9.09. The van der Waals surface area contributed by atoms with Crippen molar-refractivity contribution < 1.29 is 0 Å². The summed E-state index contributed by atoms with van der Waals surface area (Å²) in [5.41, 5.74) is 0.876. The third kappa shape index (κ3) is 2.33. The minimum Gasteiger partial charge on any atom is -0.350 e. The number of halogens is 1. The first-order chi connectivity index (χ1) is 9.31. The molecule has 2 heterocycles. The van der Waals surface area contributed by atoms with Gasteiger partial charge in [-0.1, -0.05) is 15.9 Å². The number of hydrogen-bond acceptors (Lipinski definition) is 4. The predicted molar refractivity (Wildman–Crippen MR) is 78.9 cm³/mol. The van der Waals surface area contributed by atoms with Crippen molar-refractivity contribution in [2.75, 3.05) is 16.8 Å². The van der Waals surface area contributed by atoms with E-state index in [9.17, 15) is 0 Å². The second kappa shape index (κ2) is 5.45. The van der Waals surface area contributed by atoms with Crippen molar-refractivity contribution in [2.24, 2.45) is 0 Å². The maximum atomic E-state index is 4.56. The topological polar surface area (TPSA) is 46.3 Å². The van der Waals surface area contributed by atoms with Crippen molar-refractivity contribution in [1.29, 1.82) is 0 Å². The van der Waals surface area contributed by atoms with Gasteiger partial charge in [-0.2, -0.15) is 0 Å².